The Morgan fingerprint density at radius 2 is 1.83 bits per heavy atom. The summed E-state index contributed by atoms with van der Waals surface area (Å²) in [6, 6.07) is 11.3. The maximum Gasteiger partial charge on any atom is 0.338 e. The van der Waals surface area contributed by atoms with Gasteiger partial charge in [-0.1, -0.05) is 36.5 Å². The van der Waals surface area contributed by atoms with Crippen LogP contribution in [0.3, 0.4) is 0 Å². The molecule has 2 N–H and O–H groups in total. The second-order valence-corrected chi connectivity index (χ2v) is 7.18. The molecular weight excluding hydrogens is 435 g/mol. The zero-order chi connectivity index (χ0) is 21.2. The second-order valence-electron chi connectivity index (χ2n) is 5.93. The van der Waals surface area contributed by atoms with E-state index in [-0.39, 0.29) is 17.7 Å². The van der Waals surface area contributed by atoms with E-state index < -0.39 is 5.91 Å². The highest BCUT2D eigenvalue weighted by Crippen LogP contribution is 2.27. The van der Waals surface area contributed by atoms with E-state index in [4.69, 9.17) is 44.9 Å². The highest BCUT2D eigenvalue weighted by Gasteiger charge is 2.10. The minimum absolute atomic E-state index is 0.0964. The molecule has 2 aromatic carbocycles. The highest BCUT2D eigenvalue weighted by atomic mass is 35.5. The van der Waals surface area contributed by atoms with E-state index in [0.29, 0.717) is 33.7 Å². The summed E-state index contributed by atoms with van der Waals surface area (Å²) >= 11 is 16.9. The molecule has 0 heterocycles. The predicted octanol–water partition coefficient (Wildman–Crippen LogP) is 4.84. The number of nitrogens with one attached hydrogen (secondary N) is 2. The summed E-state index contributed by atoms with van der Waals surface area (Å²) in [5.41, 5.74) is 1.05. The Labute approximate surface area is 184 Å². The number of hydrogen-bond acceptors (Lipinski definition) is 5. The lowest BCUT2D eigenvalue weighted by Crippen LogP contribution is -2.37. The molecule has 0 radical (unpaired) electrons. The average Bonchev–Trinajstić information content (AvgIpc) is 2.68. The quantitative estimate of drug-likeness (QED) is 0.337. The van der Waals surface area contributed by atoms with E-state index in [1.54, 1.807) is 36.4 Å². The van der Waals surface area contributed by atoms with Gasteiger partial charge in [0.05, 0.1) is 17.2 Å². The molecule has 0 aliphatic carbocycles. The molecule has 154 valence electrons. The summed E-state index contributed by atoms with van der Waals surface area (Å²) < 4.78 is 10.5. The van der Waals surface area contributed by atoms with Crippen molar-refractivity contribution in [2.75, 3.05) is 18.5 Å². The van der Waals surface area contributed by atoms with Crippen molar-refractivity contribution in [1.82, 2.24) is 5.32 Å². The highest BCUT2D eigenvalue weighted by molar-refractivity contribution is 7.80. The number of thiocarbonyl (C=S) groups is 1. The SMILES string of the molecule is CCCCOC(=O)c1ccc(NC(=S)NC(=O)COc2ccc(Cl)cc2Cl)cc1. The Morgan fingerprint density at radius 3 is 2.48 bits per heavy atom. The molecule has 0 saturated heterocycles. The Bertz CT molecular complexity index is 875. The van der Waals surface area contributed by atoms with Crippen LogP contribution in [-0.2, 0) is 9.53 Å². The van der Waals surface area contributed by atoms with Crippen molar-refractivity contribution in [2.24, 2.45) is 0 Å². The number of halogens is 2. The van der Waals surface area contributed by atoms with Gasteiger partial charge in [-0.3, -0.25) is 10.1 Å². The molecule has 0 aliphatic heterocycles. The van der Waals surface area contributed by atoms with Crippen LogP contribution in [0.2, 0.25) is 10.0 Å². The van der Waals surface area contributed by atoms with E-state index in [1.807, 2.05) is 6.92 Å². The number of ether oxygens (including phenoxy) is 2. The van der Waals surface area contributed by atoms with Crippen molar-refractivity contribution in [3.05, 3.63) is 58.1 Å². The van der Waals surface area contributed by atoms with E-state index in [2.05, 4.69) is 10.6 Å². The van der Waals surface area contributed by atoms with Gasteiger partial charge in [0.2, 0.25) is 0 Å². The summed E-state index contributed by atoms with van der Waals surface area (Å²) in [7, 11) is 0. The van der Waals surface area contributed by atoms with Crippen LogP contribution in [0.15, 0.2) is 42.5 Å². The molecule has 0 spiro atoms. The van der Waals surface area contributed by atoms with E-state index in [1.165, 1.54) is 6.07 Å². The fraction of sp³-hybridized carbons (Fsp3) is 0.250. The van der Waals surface area contributed by atoms with E-state index >= 15 is 0 Å². The molecule has 0 aliphatic rings. The van der Waals surface area contributed by atoms with Gasteiger partial charge in [-0.2, -0.15) is 0 Å². The first-order valence-corrected chi connectivity index (χ1v) is 10.0. The lowest BCUT2D eigenvalue weighted by molar-refractivity contribution is -0.121. The third-order valence-corrected chi connectivity index (χ3v) is 4.35. The van der Waals surface area contributed by atoms with Crippen molar-refractivity contribution in [1.29, 1.82) is 0 Å². The first kappa shape index (κ1) is 22.9. The number of esters is 1. The molecule has 29 heavy (non-hydrogen) atoms. The first-order chi connectivity index (χ1) is 13.9. The third-order valence-electron chi connectivity index (χ3n) is 3.62. The lowest BCUT2D eigenvalue weighted by Gasteiger charge is -2.11. The zero-order valence-electron chi connectivity index (χ0n) is 15.7. The summed E-state index contributed by atoms with van der Waals surface area (Å²) in [5, 5.41) is 6.22. The van der Waals surface area contributed by atoms with Crippen LogP contribution < -0.4 is 15.4 Å². The lowest BCUT2D eigenvalue weighted by atomic mass is 10.2. The van der Waals surface area contributed by atoms with E-state index in [9.17, 15) is 9.59 Å². The number of anilines is 1. The van der Waals surface area contributed by atoms with Gasteiger partial charge in [-0.15, -0.1) is 0 Å². The largest absolute Gasteiger partial charge is 0.482 e. The van der Waals surface area contributed by atoms with Gasteiger partial charge in [-0.05, 0) is 61.1 Å². The number of benzene rings is 2. The molecule has 0 fully saturated rings. The normalized spacial score (nSPS) is 10.2. The first-order valence-electron chi connectivity index (χ1n) is 8.85. The second kappa shape index (κ2) is 11.6. The van der Waals surface area contributed by atoms with Crippen LogP contribution in [0.1, 0.15) is 30.1 Å². The molecule has 2 aromatic rings. The van der Waals surface area contributed by atoms with Crippen molar-refractivity contribution < 1.29 is 19.1 Å². The molecule has 0 unspecified atom stereocenters. The Balaban J connectivity index is 1.79. The van der Waals surface area contributed by atoms with Crippen LogP contribution in [0, 0.1) is 0 Å². The Hall–Kier alpha value is -2.35. The number of carbonyl (C=O) groups is 2. The smallest absolute Gasteiger partial charge is 0.338 e. The summed E-state index contributed by atoms with van der Waals surface area (Å²) in [6.07, 6.45) is 1.78. The predicted molar refractivity (Wildman–Crippen MR) is 118 cm³/mol. The standard InChI is InChI=1S/C20H20Cl2N2O4S/c1-2-3-10-27-19(26)13-4-7-15(8-5-13)23-20(29)24-18(25)12-28-17-9-6-14(21)11-16(17)22/h4-9,11H,2-3,10,12H2,1H3,(H2,23,24,25,29). The number of carbonyl (C=O) groups excluding carboxylic acids is 2. The molecule has 6 nitrogen and oxygen atoms in total. The molecule has 0 bridgehead atoms. The summed E-state index contributed by atoms with van der Waals surface area (Å²) in [5.74, 6) is -0.491. The van der Waals surface area contributed by atoms with Crippen molar-refractivity contribution in [3.63, 3.8) is 0 Å². The number of hydrogen-bond donors (Lipinski definition) is 2. The maximum absolute atomic E-state index is 12.0. The third kappa shape index (κ3) is 7.89. The molecule has 0 saturated carbocycles. The summed E-state index contributed by atoms with van der Waals surface area (Å²) in [6.45, 7) is 2.15. The van der Waals surface area contributed by atoms with Gasteiger partial charge in [0, 0.05) is 10.7 Å². The monoisotopic (exact) mass is 454 g/mol. The fourth-order valence-electron chi connectivity index (χ4n) is 2.14. The van der Waals surface area contributed by atoms with Crippen LogP contribution in [0.25, 0.3) is 0 Å². The maximum atomic E-state index is 12.0. The molecule has 0 atom stereocenters. The average molecular weight is 455 g/mol. The van der Waals surface area contributed by atoms with Crippen LogP contribution in [-0.4, -0.2) is 30.2 Å². The minimum atomic E-state index is -0.454. The van der Waals surface area contributed by atoms with Gasteiger partial charge < -0.3 is 14.8 Å². The summed E-state index contributed by atoms with van der Waals surface area (Å²) in [4.78, 5) is 23.8. The fourth-order valence-corrected chi connectivity index (χ4v) is 2.84. The molecule has 1 amide bonds. The van der Waals surface area contributed by atoms with Gasteiger partial charge >= 0.3 is 5.97 Å². The van der Waals surface area contributed by atoms with Crippen molar-refractivity contribution in [2.45, 2.75) is 19.8 Å². The van der Waals surface area contributed by atoms with Crippen molar-refractivity contribution >= 4 is 58.1 Å². The van der Waals surface area contributed by atoms with Crippen LogP contribution in [0.5, 0.6) is 5.75 Å². The molecule has 2 rings (SSSR count). The molecule has 9 heteroatoms. The number of rotatable bonds is 8. The van der Waals surface area contributed by atoms with Gasteiger partial charge in [0.1, 0.15) is 5.75 Å². The van der Waals surface area contributed by atoms with Gasteiger partial charge in [0.25, 0.3) is 5.91 Å². The van der Waals surface area contributed by atoms with E-state index in [0.717, 1.165) is 12.8 Å². The van der Waals surface area contributed by atoms with Gasteiger partial charge in [0.15, 0.2) is 11.7 Å². The Morgan fingerprint density at radius 1 is 1.10 bits per heavy atom. The Kier molecular flexibility index (Phi) is 9.18. The minimum Gasteiger partial charge on any atom is -0.482 e. The van der Waals surface area contributed by atoms with Gasteiger partial charge in [-0.25, -0.2) is 4.79 Å². The van der Waals surface area contributed by atoms with Crippen molar-refractivity contribution in [3.8, 4) is 5.75 Å². The number of unbranched alkanes of at least 4 members (excludes halogenated alkanes) is 1. The molecule has 0 aromatic heterocycles. The molecular formula is C20H20Cl2N2O4S. The van der Waals surface area contributed by atoms with Crippen LogP contribution >= 0.6 is 35.4 Å². The zero-order valence-corrected chi connectivity index (χ0v) is 18.0. The topological polar surface area (TPSA) is 76.7 Å². The number of amides is 1. The van der Waals surface area contributed by atoms with Crippen LogP contribution in [0.4, 0.5) is 5.69 Å².